The van der Waals surface area contributed by atoms with Crippen LogP contribution in [0.25, 0.3) is 0 Å². The highest BCUT2D eigenvalue weighted by molar-refractivity contribution is 4.88. The third-order valence-corrected chi connectivity index (χ3v) is 5.96. The van der Waals surface area contributed by atoms with Gasteiger partial charge in [0.2, 0.25) is 0 Å². The van der Waals surface area contributed by atoms with Crippen molar-refractivity contribution in [2.75, 3.05) is 19.8 Å². The standard InChI is InChI=1S/C25H48O5/c1-2-3-4-5-6-7-8-9-10-11-12-13-14-15-16-17-18-19-29-23-21-30-25(24(23)28)22(27)20-26/h4-5,22-28H,2-3,6-21H2,1H3/b5-4+/t22-,23+,24+,25+/m0/s1. The molecule has 0 aromatic rings. The lowest BCUT2D eigenvalue weighted by molar-refractivity contribution is -0.0730. The van der Waals surface area contributed by atoms with E-state index in [1.54, 1.807) is 0 Å². The Hall–Kier alpha value is -0.460. The lowest BCUT2D eigenvalue weighted by atomic mass is 10.0. The van der Waals surface area contributed by atoms with Crippen LogP contribution in [0.3, 0.4) is 0 Å². The summed E-state index contributed by atoms with van der Waals surface area (Å²) in [5, 5.41) is 28.6. The Kier molecular flexibility index (Phi) is 17.7. The number of aliphatic hydroxyl groups is 3. The second-order valence-electron chi connectivity index (χ2n) is 8.74. The molecule has 1 saturated heterocycles. The Balaban J connectivity index is 1.79. The zero-order valence-electron chi connectivity index (χ0n) is 19.4. The van der Waals surface area contributed by atoms with E-state index in [0.29, 0.717) is 6.61 Å². The zero-order valence-corrected chi connectivity index (χ0v) is 19.4. The fourth-order valence-corrected chi connectivity index (χ4v) is 3.97. The van der Waals surface area contributed by atoms with Crippen molar-refractivity contribution in [2.45, 2.75) is 128 Å². The Morgan fingerprint density at radius 3 is 1.97 bits per heavy atom. The van der Waals surface area contributed by atoms with Crippen LogP contribution in [-0.2, 0) is 9.47 Å². The minimum Gasteiger partial charge on any atom is -0.394 e. The smallest absolute Gasteiger partial charge is 0.114 e. The number of unbranched alkanes of at least 4 members (excludes halogenated alkanes) is 13. The van der Waals surface area contributed by atoms with Crippen LogP contribution in [0.5, 0.6) is 0 Å². The number of hydrogen-bond donors (Lipinski definition) is 3. The second-order valence-corrected chi connectivity index (χ2v) is 8.74. The maximum Gasteiger partial charge on any atom is 0.114 e. The van der Waals surface area contributed by atoms with E-state index >= 15 is 0 Å². The van der Waals surface area contributed by atoms with Crippen molar-refractivity contribution in [3.8, 4) is 0 Å². The minimum absolute atomic E-state index is 0.277. The van der Waals surface area contributed by atoms with Crippen LogP contribution in [0.4, 0.5) is 0 Å². The first-order valence-electron chi connectivity index (χ1n) is 12.6. The van der Waals surface area contributed by atoms with Crippen molar-refractivity contribution < 1.29 is 24.8 Å². The first-order valence-corrected chi connectivity index (χ1v) is 12.6. The molecule has 178 valence electrons. The van der Waals surface area contributed by atoms with Gasteiger partial charge in [-0.1, -0.05) is 89.7 Å². The first-order chi connectivity index (χ1) is 14.7. The summed E-state index contributed by atoms with van der Waals surface area (Å²) in [7, 11) is 0. The average molecular weight is 429 g/mol. The zero-order chi connectivity index (χ0) is 21.9. The molecule has 3 N–H and O–H groups in total. The Morgan fingerprint density at radius 2 is 1.40 bits per heavy atom. The maximum atomic E-state index is 10.1. The summed E-state index contributed by atoms with van der Waals surface area (Å²) in [5.74, 6) is 0. The molecule has 5 nitrogen and oxygen atoms in total. The molecule has 0 aromatic heterocycles. The van der Waals surface area contributed by atoms with Crippen LogP contribution in [0, 0.1) is 0 Å². The van der Waals surface area contributed by atoms with Crippen molar-refractivity contribution in [3.05, 3.63) is 12.2 Å². The molecule has 1 fully saturated rings. The van der Waals surface area contributed by atoms with Crippen molar-refractivity contribution in [1.29, 1.82) is 0 Å². The molecule has 1 aliphatic heterocycles. The van der Waals surface area contributed by atoms with Crippen LogP contribution in [0.15, 0.2) is 12.2 Å². The molecule has 5 heteroatoms. The van der Waals surface area contributed by atoms with Gasteiger partial charge >= 0.3 is 0 Å². The molecule has 0 bridgehead atoms. The molecule has 1 heterocycles. The highest BCUT2D eigenvalue weighted by Gasteiger charge is 2.40. The third kappa shape index (κ3) is 13.1. The van der Waals surface area contributed by atoms with Crippen LogP contribution < -0.4 is 0 Å². The molecular formula is C25H48O5. The predicted molar refractivity (Wildman–Crippen MR) is 123 cm³/mol. The molecule has 0 aliphatic carbocycles. The summed E-state index contributed by atoms with van der Waals surface area (Å²) in [6, 6.07) is 0. The summed E-state index contributed by atoms with van der Waals surface area (Å²) < 4.78 is 11.0. The maximum absolute atomic E-state index is 10.1. The van der Waals surface area contributed by atoms with Gasteiger partial charge in [-0.2, -0.15) is 0 Å². The molecule has 4 atom stereocenters. The van der Waals surface area contributed by atoms with E-state index < -0.39 is 31.0 Å². The van der Waals surface area contributed by atoms with Crippen molar-refractivity contribution >= 4 is 0 Å². The van der Waals surface area contributed by atoms with Crippen LogP contribution in [0.1, 0.15) is 103 Å². The van der Waals surface area contributed by atoms with Crippen LogP contribution >= 0.6 is 0 Å². The summed E-state index contributed by atoms with van der Waals surface area (Å²) in [4.78, 5) is 0. The van der Waals surface area contributed by atoms with Gasteiger partial charge in [0.1, 0.15) is 24.4 Å². The predicted octanol–water partition coefficient (Wildman–Crippen LogP) is 4.91. The Bertz CT molecular complexity index is 401. The van der Waals surface area contributed by atoms with Gasteiger partial charge in [-0.25, -0.2) is 0 Å². The Morgan fingerprint density at radius 1 is 0.867 bits per heavy atom. The molecule has 0 amide bonds. The quantitative estimate of drug-likeness (QED) is 0.190. The van der Waals surface area contributed by atoms with E-state index in [0.717, 1.165) is 12.8 Å². The van der Waals surface area contributed by atoms with E-state index in [2.05, 4.69) is 19.1 Å². The van der Waals surface area contributed by atoms with Crippen LogP contribution in [0.2, 0.25) is 0 Å². The van der Waals surface area contributed by atoms with E-state index in [1.807, 2.05) is 0 Å². The van der Waals surface area contributed by atoms with Crippen molar-refractivity contribution in [1.82, 2.24) is 0 Å². The van der Waals surface area contributed by atoms with Gasteiger partial charge in [-0.05, 0) is 25.7 Å². The first kappa shape index (κ1) is 27.6. The topological polar surface area (TPSA) is 79.2 Å². The van der Waals surface area contributed by atoms with Gasteiger partial charge in [-0.3, -0.25) is 0 Å². The number of hydrogen-bond acceptors (Lipinski definition) is 5. The van der Waals surface area contributed by atoms with E-state index in [-0.39, 0.29) is 6.61 Å². The van der Waals surface area contributed by atoms with E-state index in [4.69, 9.17) is 14.6 Å². The number of ether oxygens (including phenoxy) is 2. The van der Waals surface area contributed by atoms with E-state index in [9.17, 15) is 10.2 Å². The molecule has 30 heavy (non-hydrogen) atoms. The summed E-state index contributed by atoms with van der Waals surface area (Å²) in [5.41, 5.74) is 0. The van der Waals surface area contributed by atoms with Gasteiger partial charge in [0.25, 0.3) is 0 Å². The molecule has 1 rings (SSSR count). The lowest BCUT2D eigenvalue weighted by Gasteiger charge is -2.20. The van der Waals surface area contributed by atoms with Crippen LogP contribution in [-0.4, -0.2) is 59.6 Å². The molecule has 0 spiro atoms. The van der Waals surface area contributed by atoms with Crippen molar-refractivity contribution in [3.63, 3.8) is 0 Å². The monoisotopic (exact) mass is 428 g/mol. The van der Waals surface area contributed by atoms with Gasteiger partial charge < -0.3 is 24.8 Å². The lowest BCUT2D eigenvalue weighted by Crippen LogP contribution is -2.41. The average Bonchev–Trinajstić information content (AvgIpc) is 3.12. The highest BCUT2D eigenvalue weighted by atomic mass is 16.6. The number of allylic oxidation sites excluding steroid dienone is 2. The molecule has 0 unspecified atom stereocenters. The number of rotatable bonds is 20. The van der Waals surface area contributed by atoms with Crippen molar-refractivity contribution in [2.24, 2.45) is 0 Å². The number of aliphatic hydroxyl groups excluding tert-OH is 3. The SMILES string of the molecule is CCC/C=C/CCCCCCCCCCCCCCO[C@@H]1CO[C@H]([C@@H](O)CO)[C@@H]1O. The summed E-state index contributed by atoms with van der Waals surface area (Å²) in [6.45, 7) is 2.70. The Labute approximate surface area is 184 Å². The molecule has 0 saturated carbocycles. The van der Waals surface area contributed by atoms with Gasteiger partial charge in [0.05, 0.1) is 13.2 Å². The van der Waals surface area contributed by atoms with Gasteiger partial charge in [0, 0.05) is 6.61 Å². The fourth-order valence-electron chi connectivity index (χ4n) is 3.97. The second kappa shape index (κ2) is 19.2. The minimum atomic E-state index is -1.05. The third-order valence-electron chi connectivity index (χ3n) is 5.96. The molecule has 0 radical (unpaired) electrons. The normalized spacial score (nSPS) is 22.9. The van der Waals surface area contributed by atoms with Gasteiger partial charge in [0.15, 0.2) is 0 Å². The molecular weight excluding hydrogens is 380 g/mol. The molecule has 1 aliphatic rings. The molecule has 0 aromatic carbocycles. The summed E-state index contributed by atoms with van der Waals surface area (Å²) in [6.07, 6.45) is 21.0. The largest absolute Gasteiger partial charge is 0.394 e. The fraction of sp³-hybridized carbons (Fsp3) is 0.920. The summed E-state index contributed by atoms with van der Waals surface area (Å²) >= 11 is 0. The van der Waals surface area contributed by atoms with E-state index in [1.165, 1.54) is 83.5 Å². The van der Waals surface area contributed by atoms with Gasteiger partial charge in [-0.15, -0.1) is 0 Å². The highest BCUT2D eigenvalue weighted by Crippen LogP contribution is 2.20.